The summed E-state index contributed by atoms with van der Waals surface area (Å²) >= 11 is 0. The first-order chi connectivity index (χ1) is 15.3. The number of halogens is 4. The van der Waals surface area contributed by atoms with E-state index in [0.717, 1.165) is 36.3 Å². The van der Waals surface area contributed by atoms with Crippen LogP contribution in [-0.2, 0) is 6.42 Å². The van der Waals surface area contributed by atoms with Gasteiger partial charge in [-0.15, -0.1) is 0 Å². The maximum absolute atomic E-state index is 13.3. The monoisotopic (exact) mass is 452 g/mol. The van der Waals surface area contributed by atoms with Gasteiger partial charge in [0.05, 0.1) is 19.3 Å². The van der Waals surface area contributed by atoms with Gasteiger partial charge in [-0.2, -0.15) is 13.2 Å². The van der Waals surface area contributed by atoms with Crippen molar-refractivity contribution in [1.29, 1.82) is 0 Å². The summed E-state index contributed by atoms with van der Waals surface area (Å²) in [5.41, 5.74) is 2.42. The fraction of sp³-hybridized carbons (Fsp3) is 0.500. The van der Waals surface area contributed by atoms with Crippen LogP contribution in [0.15, 0.2) is 42.5 Å². The first kappa shape index (κ1) is 22.9. The minimum absolute atomic E-state index is 0.121. The molecule has 1 atom stereocenters. The molecule has 2 aliphatic rings. The summed E-state index contributed by atoms with van der Waals surface area (Å²) in [6, 6.07) is 11.6. The Morgan fingerprint density at radius 2 is 1.81 bits per heavy atom. The van der Waals surface area contributed by atoms with E-state index < -0.39 is 18.8 Å². The molecule has 174 valence electrons. The average molecular weight is 452 g/mol. The molecule has 1 N–H and O–H groups in total. The molecule has 4 nitrogen and oxygen atoms in total. The third-order valence-electron chi connectivity index (χ3n) is 6.18. The predicted molar refractivity (Wildman–Crippen MR) is 114 cm³/mol. The maximum Gasteiger partial charge on any atom is 0.401 e. The van der Waals surface area contributed by atoms with Crippen molar-refractivity contribution in [1.82, 2.24) is 9.80 Å². The Kier molecular flexibility index (Phi) is 6.90. The van der Waals surface area contributed by atoms with E-state index in [0.29, 0.717) is 31.7 Å². The number of alkyl halides is 4. The largest absolute Gasteiger partial charge is 0.508 e. The van der Waals surface area contributed by atoms with Crippen molar-refractivity contribution in [2.75, 3.05) is 46.0 Å². The SMILES string of the molecule is Oc1ccc2c(c1)CCCN(CC(F)(F)F)[C@H]2c1ccc(OCCN2CC(CF)C2)cc1. The van der Waals surface area contributed by atoms with Crippen LogP contribution in [0.2, 0.25) is 0 Å². The van der Waals surface area contributed by atoms with Crippen LogP contribution < -0.4 is 4.74 Å². The molecule has 0 aliphatic carbocycles. The summed E-state index contributed by atoms with van der Waals surface area (Å²) < 4.78 is 58.3. The molecule has 2 aliphatic heterocycles. The smallest absolute Gasteiger partial charge is 0.401 e. The van der Waals surface area contributed by atoms with E-state index in [9.17, 15) is 22.7 Å². The lowest BCUT2D eigenvalue weighted by Gasteiger charge is -2.37. The first-order valence-corrected chi connectivity index (χ1v) is 11.0. The lowest BCUT2D eigenvalue weighted by Crippen LogP contribution is -2.49. The number of nitrogens with zero attached hydrogens (tertiary/aromatic N) is 2. The first-order valence-electron chi connectivity index (χ1n) is 11.0. The van der Waals surface area contributed by atoms with Gasteiger partial charge in [0, 0.05) is 25.6 Å². The Balaban J connectivity index is 1.49. The summed E-state index contributed by atoms with van der Waals surface area (Å²) in [6.07, 6.45) is -3.10. The molecule has 1 fully saturated rings. The Hall–Kier alpha value is -2.32. The number of benzene rings is 2. The van der Waals surface area contributed by atoms with Crippen LogP contribution in [0.4, 0.5) is 17.6 Å². The molecular formula is C24H28F4N2O2. The van der Waals surface area contributed by atoms with Crippen LogP contribution in [0, 0.1) is 5.92 Å². The molecule has 0 radical (unpaired) electrons. The highest BCUT2D eigenvalue weighted by Crippen LogP contribution is 2.38. The second kappa shape index (κ2) is 9.67. The minimum Gasteiger partial charge on any atom is -0.508 e. The van der Waals surface area contributed by atoms with Gasteiger partial charge in [0.1, 0.15) is 18.1 Å². The van der Waals surface area contributed by atoms with Gasteiger partial charge >= 0.3 is 6.18 Å². The predicted octanol–water partition coefficient (Wildman–Crippen LogP) is 4.57. The zero-order chi connectivity index (χ0) is 22.7. The maximum atomic E-state index is 13.3. The molecule has 2 aromatic rings. The number of fused-ring (bicyclic) bond motifs is 1. The summed E-state index contributed by atoms with van der Waals surface area (Å²) in [5.74, 6) is 0.909. The fourth-order valence-electron chi connectivity index (χ4n) is 4.66. The van der Waals surface area contributed by atoms with Gasteiger partial charge in [-0.1, -0.05) is 18.2 Å². The molecule has 0 unspecified atom stereocenters. The highest BCUT2D eigenvalue weighted by molar-refractivity contribution is 5.43. The molecule has 0 bridgehead atoms. The standard InChI is InChI=1S/C24H28F4N2O2/c25-13-17-14-29(15-17)10-11-32-21-6-3-18(4-7-21)23-22-8-5-20(31)12-19(22)2-1-9-30(23)16-24(26,27)28/h3-8,12,17,23,31H,1-2,9-11,13-16H2/t23-/m0/s1. The van der Waals surface area contributed by atoms with Gasteiger partial charge in [0.2, 0.25) is 0 Å². The van der Waals surface area contributed by atoms with Gasteiger partial charge in [-0.25, -0.2) is 0 Å². The van der Waals surface area contributed by atoms with Crippen molar-refractivity contribution < 1.29 is 27.4 Å². The number of ether oxygens (including phenoxy) is 1. The Labute approximate surface area is 185 Å². The number of aryl methyl sites for hydroxylation is 1. The lowest BCUT2D eigenvalue weighted by molar-refractivity contribution is -0.149. The van der Waals surface area contributed by atoms with Crippen molar-refractivity contribution in [2.24, 2.45) is 5.92 Å². The summed E-state index contributed by atoms with van der Waals surface area (Å²) in [4.78, 5) is 3.59. The van der Waals surface area contributed by atoms with Gasteiger partial charge in [-0.3, -0.25) is 14.2 Å². The van der Waals surface area contributed by atoms with E-state index in [-0.39, 0.29) is 18.3 Å². The molecule has 32 heavy (non-hydrogen) atoms. The van der Waals surface area contributed by atoms with Crippen molar-refractivity contribution in [3.8, 4) is 11.5 Å². The van der Waals surface area contributed by atoms with E-state index in [1.165, 1.54) is 11.0 Å². The fourth-order valence-corrected chi connectivity index (χ4v) is 4.66. The summed E-state index contributed by atoms with van der Waals surface area (Å²) in [5, 5.41) is 9.87. The van der Waals surface area contributed by atoms with E-state index >= 15 is 0 Å². The Morgan fingerprint density at radius 3 is 2.50 bits per heavy atom. The van der Waals surface area contributed by atoms with Gasteiger partial charge in [0.15, 0.2) is 0 Å². The van der Waals surface area contributed by atoms with Gasteiger partial charge < -0.3 is 9.84 Å². The topological polar surface area (TPSA) is 35.9 Å². The van der Waals surface area contributed by atoms with Crippen LogP contribution in [0.3, 0.4) is 0 Å². The molecule has 0 aromatic heterocycles. The quantitative estimate of drug-likeness (QED) is 0.625. The normalized spacial score (nSPS) is 20.4. The van der Waals surface area contributed by atoms with E-state index in [2.05, 4.69) is 4.90 Å². The van der Waals surface area contributed by atoms with Gasteiger partial charge in [0.25, 0.3) is 0 Å². The molecular weight excluding hydrogens is 424 g/mol. The number of phenols is 1. The molecule has 0 spiro atoms. The van der Waals surface area contributed by atoms with Crippen molar-refractivity contribution in [2.45, 2.75) is 25.1 Å². The Bertz CT molecular complexity index is 898. The average Bonchev–Trinajstić information content (AvgIpc) is 2.87. The molecule has 4 rings (SSSR count). The third-order valence-corrected chi connectivity index (χ3v) is 6.18. The summed E-state index contributed by atoms with van der Waals surface area (Å²) in [6.45, 7) is 1.74. The molecule has 8 heteroatoms. The zero-order valence-electron chi connectivity index (χ0n) is 17.8. The highest BCUT2D eigenvalue weighted by Gasteiger charge is 2.36. The zero-order valence-corrected chi connectivity index (χ0v) is 17.8. The van der Waals surface area contributed by atoms with Crippen LogP contribution >= 0.6 is 0 Å². The Morgan fingerprint density at radius 1 is 1.06 bits per heavy atom. The number of likely N-dealkylation sites (tertiary alicyclic amines) is 1. The molecule has 0 saturated carbocycles. The van der Waals surface area contributed by atoms with Crippen molar-refractivity contribution in [3.05, 3.63) is 59.2 Å². The number of aromatic hydroxyl groups is 1. The molecule has 1 saturated heterocycles. The third kappa shape index (κ3) is 5.53. The van der Waals surface area contributed by atoms with Crippen LogP contribution in [-0.4, -0.2) is 67.1 Å². The lowest BCUT2D eigenvalue weighted by atomic mass is 9.93. The van der Waals surface area contributed by atoms with Crippen molar-refractivity contribution >= 4 is 0 Å². The molecule has 0 amide bonds. The highest BCUT2D eigenvalue weighted by atomic mass is 19.4. The van der Waals surface area contributed by atoms with E-state index in [1.807, 2.05) is 12.1 Å². The number of rotatable bonds is 7. The molecule has 2 heterocycles. The van der Waals surface area contributed by atoms with Crippen LogP contribution in [0.25, 0.3) is 0 Å². The summed E-state index contributed by atoms with van der Waals surface area (Å²) in [7, 11) is 0. The van der Waals surface area contributed by atoms with Crippen LogP contribution in [0.1, 0.15) is 29.2 Å². The van der Waals surface area contributed by atoms with Gasteiger partial charge in [-0.05, 0) is 60.3 Å². The van der Waals surface area contributed by atoms with E-state index in [1.54, 1.807) is 24.3 Å². The second-order valence-corrected chi connectivity index (χ2v) is 8.67. The van der Waals surface area contributed by atoms with Crippen molar-refractivity contribution in [3.63, 3.8) is 0 Å². The molecule has 2 aromatic carbocycles. The number of phenolic OH excluding ortho intramolecular Hbond substituents is 1. The number of hydrogen-bond acceptors (Lipinski definition) is 4. The second-order valence-electron chi connectivity index (χ2n) is 8.67. The number of hydrogen-bond donors (Lipinski definition) is 1. The van der Waals surface area contributed by atoms with E-state index in [4.69, 9.17) is 4.74 Å². The van der Waals surface area contributed by atoms with Crippen LogP contribution in [0.5, 0.6) is 11.5 Å². The minimum atomic E-state index is -4.30.